The third-order valence-corrected chi connectivity index (χ3v) is 4.32. The number of aromatic nitrogens is 1. The van der Waals surface area contributed by atoms with Crippen molar-refractivity contribution in [1.29, 1.82) is 0 Å². The van der Waals surface area contributed by atoms with Crippen molar-refractivity contribution in [2.24, 2.45) is 0 Å². The molecule has 0 radical (unpaired) electrons. The van der Waals surface area contributed by atoms with E-state index in [-0.39, 0.29) is 22.1 Å². The van der Waals surface area contributed by atoms with E-state index in [9.17, 15) is 19.7 Å². The molecule has 1 aromatic carbocycles. The van der Waals surface area contributed by atoms with E-state index in [1.54, 1.807) is 18.2 Å². The van der Waals surface area contributed by atoms with E-state index < -0.39 is 16.8 Å². The minimum absolute atomic E-state index is 0.0753. The minimum atomic E-state index is -1.06. The maximum atomic E-state index is 12.7. The predicted molar refractivity (Wildman–Crippen MR) is 97.9 cm³/mol. The molecule has 0 spiro atoms. The Balaban J connectivity index is 2.30. The molecule has 0 saturated carbocycles. The monoisotopic (exact) mass is 378 g/mol. The van der Waals surface area contributed by atoms with Gasteiger partial charge in [0.1, 0.15) is 6.20 Å². The van der Waals surface area contributed by atoms with Crippen LogP contribution in [0.3, 0.4) is 0 Å². The Bertz CT molecular complexity index is 821. The first-order valence-electron chi connectivity index (χ1n) is 7.91. The van der Waals surface area contributed by atoms with Crippen LogP contribution in [0.1, 0.15) is 35.7 Å². The molecule has 3 N–H and O–H groups in total. The number of carbonyl (C=O) groups is 2. The number of anilines is 2. The zero-order valence-electron chi connectivity index (χ0n) is 14.0. The maximum absolute atomic E-state index is 12.7. The topological polar surface area (TPSA) is 134 Å². The molecular weight excluding hydrogens is 360 g/mol. The molecule has 1 amide bonds. The lowest BCUT2D eigenvalue weighted by Crippen LogP contribution is -2.18. The first-order chi connectivity index (χ1) is 12.4. The summed E-state index contributed by atoms with van der Waals surface area (Å²) in [6, 6.07) is 4.94. The fourth-order valence-corrected chi connectivity index (χ4v) is 2.92. The van der Waals surface area contributed by atoms with Crippen LogP contribution in [0.5, 0.6) is 0 Å². The molecule has 1 heterocycles. The van der Waals surface area contributed by atoms with E-state index >= 15 is 0 Å². The standard InChI is InChI=1S/C16H18N4O5S/c1-2-3-7-17-11-6-4-5-10(8-13(21)22)14(11)15(23)19-16-18-9-12(26-16)20(24)25/h4-6,9,17H,2-3,7-8H2,1H3,(H,21,22)(H,18,19,23). The lowest BCUT2D eigenvalue weighted by atomic mass is 10.0. The summed E-state index contributed by atoms with van der Waals surface area (Å²) < 4.78 is 0. The van der Waals surface area contributed by atoms with Gasteiger partial charge in [-0.3, -0.25) is 25.0 Å². The summed E-state index contributed by atoms with van der Waals surface area (Å²) in [5, 5.41) is 25.4. The number of nitrogens with one attached hydrogen (secondary N) is 2. The highest BCUT2D eigenvalue weighted by molar-refractivity contribution is 7.18. The van der Waals surface area contributed by atoms with Crippen molar-refractivity contribution in [2.45, 2.75) is 26.2 Å². The molecule has 138 valence electrons. The molecule has 2 aromatic rings. The molecule has 0 aliphatic rings. The van der Waals surface area contributed by atoms with Gasteiger partial charge in [-0.15, -0.1) is 0 Å². The number of amides is 1. The maximum Gasteiger partial charge on any atom is 0.345 e. The van der Waals surface area contributed by atoms with Gasteiger partial charge in [0.25, 0.3) is 5.91 Å². The smallest absolute Gasteiger partial charge is 0.345 e. The van der Waals surface area contributed by atoms with Crippen LogP contribution in [0.15, 0.2) is 24.4 Å². The van der Waals surface area contributed by atoms with E-state index in [2.05, 4.69) is 15.6 Å². The van der Waals surface area contributed by atoms with Crippen molar-refractivity contribution >= 4 is 39.0 Å². The molecule has 0 atom stereocenters. The number of hydrogen-bond donors (Lipinski definition) is 3. The number of carboxylic acids is 1. The molecule has 0 unspecified atom stereocenters. The second-order valence-corrected chi connectivity index (χ2v) is 6.41. The van der Waals surface area contributed by atoms with Gasteiger partial charge in [0.15, 0.2) is 5.13 Å². The molecule has 0 bridgehead atoms. The van der Waals surface area contributed by atoms with Crippen LogP contribution < -0.4 is 10.6 Å². The van der Waals surface area contributed by atoms with E-state index in [1.165, 1.54) is 0 Å². The van der Waals surface area contributed by atoms with Crippen molar-refractivity contribution < 1.29 is 19.6 Å². The fraction of sp³-hybridized carbons (Fsp3) is 0.312. The minimum Gasteiger partial charge on any atom is -0.481 e. The van der Waals surface area contributed by atoms with Gasteiger partial charge >= 0.3 is 11.0 Å². The van der Waals surface area contributed by atoms with Crippen LogP contribution in [0.25, 0.3) is 0 Å². The van der Waals surface area contributed by atoms with Gasteiger partial charge in [-0.25, -0.2) is 4.98 Å². The summed E-state index contributed by atoms with van der Waals surface area (Å²) in [5.41, 5.74) is 1.06. The van der Waals surface area contributed by atoms with Crippen LogP contribution in [0.2, 0.25) is 0 Å². The molecule has 0 aliphatic carbocycles. The van der Waals surface area contributed by atoms with E-state index in [0.717, 1.165) is 30.4 Å². The number of benzene rings is 1. The molecule has 0 fully saturated rings. The van der Waals surface area contributed by atoms with Gasteiger partial charge in [-0.2, -0.15) is 0 Å². The highest BCUT2D eigenvalue weighted by Crippen LogP contribution is 2.27. The van der Waals surface area contributed by atoms with Gasteiger partial charge < -0.3 is 10.4 Å². The third kappa shape index (κ3) is 4.99. The number of nitro groups is 1. The summed E-state index contributed by atoms with van der Waals surface area (Å²) in [7, 11) is 0. The Morgan fingerprint density at radius 3 is 2.77 bits per heavy atom. The molecule has 10 heteroatoms. The molecule has 1 aromatic heterocycles. The number of unbranched alkanes of at least 4 members (excludes halogenated alkanes) is 1. The SMILES string of the molecule is CCCCNc1cccc(CC(=O)O)c1C(=O)Nc1ncc([N+](=O)[O-])s1. The Kier molecular flexibility index (Phi) is 6.61. The number of aliphatic carboxylic acids is 1. The Labute approximate surface area is 153 Å². The zero-order chi connectivity index (χ0) is 19.1. The van der Waals surface area contributed by atoms with Crippen molar-refractivity contribution in [1.82, 2.24) is 4.98 Å². The molecular formula is C16H18N4O5S. The highest BCUT2D eigenvalue weighted by atomic mass is 32.1. The average molecular weight is 378 g/mol. The summed E-state index contributed by atoms with van der Waals surface area (Å²) in [6.07, 6.45) is 2.60. The third-order valence-electron chi connectivity index (χ3n) is 3.46. The van der Waals surface area contributed by atoms with Gasteiger partial charge in [0.2, 0.25) is 0 Å². The lowest BCUT2D eigenvalue weighted by Gasteiger charge is -2.14. The Morgan fingerprint density at radius 1 is 1.38 bits per heavy atom. The summed E-state index contributed by atoms with van der Waals surface area (Å²) in [4.78, 5) is 37.8. The number of hydrogen-bond acceptors (Lipinski definition) is 7. The van der Waals surface area contributed by atoms with E-state index in [0.29, 0.717) is 17.8 Å². The molecule has 2 rings (SSSR count). The molecule has 26 heavy (non-hydrogen) atoms. The Hall–Kier alpha value is -3.01. The predicted octanol–water partition coefficient (Wildman–Crippen LogP) is 3.14. The van der Waals surface area contributed by atoms with Crippen molar-refractivity contribution in [2.75, 3.05) is 17.2 Å². The summed E-state index contributed by atoms with van der Waals surface area (Å²) in [6.45, 7) is 2.67. The normalized spacial score (nSPS) is 10.3. The quantitative estimate of drug-likeness (QED) is 0.346. The second-order valence-electron chi connectivity index (χ2n) is 5.41. The second kappa shape index (κ2) is 8.90. The first-order valence-corrected chi connectivity index (χ1v) is 8.73. The average Bonchev–Trinajstić information content (AvgIpc) is 3.03. The van der Waals surface area contributed by atoms with Gasteiger partial charge in [0, 0.05) is 12.2 Å². The van der Waals surface area contributed by atoms with Gasteiger partial charge in [0.05, 0.1) is 16.9 Å². The van der Waals surface area contributed by atoms with Crippen LogP contribution in [0.4, 0.5) is 15.8 Å². The van der Waals surface area contributed by atoms with E-state index in [4.69, 9.17) is 5.11 Å². The van der Waals surface area contributed by atoms with Crippen LogP contribution in [0, 0.1) is 10.1 Å². The van der Waals surface area contributed by atoms with E-state index in [1.807, 2.05) is 6.92 Å². The number of rotatable bonds is 9. The fourth-order valence-electron chi connectivity index (χ4n) is 2.29. The van der Waals surface area contributed by atoms with Gasteiger partial charge in [-0.1, -0.05) is 25.5 Å². The Morgan fingerprint density at radius 2 is 2.15 bits per heavy atom. The molecule has 9 nitrogen and oxygen atoms in total. The number of carbonyl (C=O) groups excluding carboxylic acids is 1. The van der Waals surface area contributed by atoms with Gasteiger partial charge in [-0.05, 0) is 29.4 Å². The highest BCUT2D eigenvalue weighted by Gasteiger charge is 2.20. The van der Waals surface area contributed by atoms with Crippen LogP contribution in [-0.4, -0.2) is 33.4 Å². The van der Waals surface area contributed by atoms with Crippen molar-refractivity contribution in [3.63, 3.8) is 0 Å². The van der Waals surface area contributed by atoms with Crippen molar-refractivity contribution in [3.05, 3.63) is 45.6 Å². The number of thiazole rings is 1. The number of carboxylic acid groups (broad SMARTS) is 1. The molecule has 0 aliphatic heterocycles. The van der Waals surface area contributed by atoms with Crippen LogP contribution >= 0.6 is 11.3 Å². The lowest BCUT2D eigenvalue weighted by molar-refractivity contribution is -0.380. The zero-order valence-corrected chi connectivity index (χ0v) is 14.8. The summed E-state index contributed by atoms with van der Waals surface area (Å²) in [5.74, 6) is -1.63. The molecule has 0 saturated heterocycles. The summed E-state index contributed by atoms with van der Waals surface area (Å²) >= 11 is 0.732. The van der Waals surface area contributed by atoms with Crippen molar-refractivity contribution in [3.8, 4) is 0 Å². The first kappa shape index (κ1) is 19.3. The number of nitrogens with zero attached hydrogens (tertiary/aromatic N) is 2. The van der Waals surface area contributed by atoms with Crippen LogP contribution in [-0.2, 0) is 11.2 Å². The largest absolute Gasteiger partial charge is 0.481 e.